The maximum Gasteiger partial charge on any atom is 0.223 e. The Hall–Kier alpha value is -1.81. The second-order valence-electron chi connectivity index (χ2n) is 7.50. The summed E-state index contributed by atoms with van der Waals surface area (Å²) >= 11 is 0. The van der Waals surface area contributed by atoms with E-state index in [0.29, 0.717) is 6.54 Å². The Balaban J connectivity index is 1.54. The van der Waals surface area contributed by atoms with Crippen LogP contribution in [0.15, 0.2) is 36.4 Å². The highest BCUT2D eigenvalue weighted by atomic mass is 16.5. The molecule has 2 aliphatic rings. The maximum atomic E-state index is 12.3. The molecule has 0 aromatic heterocycles. The summed E-state index contributed by atoms with van der Waals surface area (Å²) in [6.45, 7) is 5.62. The normalized spacial score (nSPS) is 23.0. The Morgan fingerprint density at radius 2 is 2.19 bits per heavy atom. The average molecular weight is 357 g/mol. The van der Waals surface area contributed by atoms with Crippen molar-refractivity contribution in [1.82, 2.24) is 10.2 Å². The van der Waals surface area contributed by atoms with Crippen molar-refractivity contribution in [2.45, 2.75) is 58.1 Å². The lowest BCUT2D eigenvalue weighted by Gasteiger charge is -2.24. The van der Waals surface area contributed by atoms with E-state index in [4.69, 9.17) is 4.74 Å². The summed E-state index contributed by atoms with van der Waals surface area (Å²) in [5.41, 5.74) is 1.25. The van der Waals surface area contributed by atoms with Crippen molar-refractivity contribution < 1.29 is 9.53 Å². The first kappa shape index (κ1) is 19.0. The number of nitrogens with zero attached hydrogens (tertiary/aromatic N) is 1. The van der Waals surface area contributed by atoms with E-state index in [1.54, 1.807) is 0 Å². The minimum Gasteiger partial charge on any atom is -0.489 e. The zero-order valence-electron chi connectivity index (χ0n) is 16.0. The van der Waals surface area contributed by atoms with Crippen molar-refractivity contribution in [3.05, 3.63) is 42.0 Å². The van der Waals surface area contributed by atoms with Crippen LogP contribution in [0.2, 0.25) is 0 Å². The molecule has 1 aliphatic heterocycles. The molecule has 0 saturated heterocycles. The second kappa shape index (κ2) is 9.77. The molecule has 1 aromatic rings. The van der Waals surface area contributed by atoms with Gasteiger partial charge in [-0.25, -0.2) is 0 Å². The number of hydrogen-bond donors (Lipinski definition) is 1. The first-order valence-electron chi connectivity index (χ1n) is 10.2. The molecule has 1 aromatic carbocycles. The molecule has 2 unspecified atom stereocenters. The van der Waals surface area contributed by atoms with Crippen molar-refractivity contribution in [2.24, 2.45) is 5.92 Å². The van der Waals surface area contributed by atoms with E-state index >= 15 is 0 Å². The molecule has 0 saturated carbocycles. The number of fused-ring (bicyclic) bond motifs is 1. The van der Waals surface area contributed by atoms with Gasteiger partial charge >= 0.3 is 0 Å². The van der Waals surface area contributed by atoms with Crippen molar-refractivity contribution in [1.29, 1.82) is 0 Å². The number of benzene rings is 1. The summed E-state index contributed by atoms with van der Waals surface area (Å²) in [6.07, 6.45) is 10.9. The van der Waals surface area contributed by atoms with Gasteiger partial charge in [0.15, 0.2) is 0 Å². The number of hydrogen-bond acceptors (Lipinski definition) is 3. The summed E-state index contributed by atoms with van der Waals surface area (Å²) < 4.78 is 6.28. The van der Waals surface area contributed by atoms with Crippen molar-refractivity contribution in [2.75, 3.05) is 19.6 Å². The fraction of sp³-hybridized carbons (Fsp3) is 0.591. The predicted octanol–water partition coefficient (Wildman–Crippen LogP) is 3.91. The van der Waals surface area contributed by atoms with E-state index in [0.717, 1.165) is 51.1 Å². The molecular weight excluding hydrogens is 324 g/mol. The van der Waals surface area contributed by atoms with Gasteiger partial charge in [0.2, 0.25) is 5.91 Å². The van der Waals surface area contributed by atoms with Crippen LogP contribution in [0.25, 0.3) is 0 Å². The van der Waals surface area contributed by atoms with E-state index < -0.39 is 0 Å². The van der Waals surface area contributed by atoms with Gasteiger partial charge in [0.05, 0.1) is 0 Å². The number of para-hydroxylation sites is 1. The minimum atomic E-state index is 0.158. The van der Waals surface area contributed by atoms with Gasteiger partial charge < -0.3 is 10.1 Å². The third-order valence-electron chi connectivity index (χ3n) is 5.37. The van der Waals surface area contributed by atoms with E-state index in [1.807, 2.05) is 6.07 Å². The molecule has 4 nitrogen and oxygen atoms in total. The molecule has 142 valence electrons. The molecule has 1 amide bonds. The third-order valence-corrected chi connectivity index (χ3v) is 5.37. The number of unbranched alkanes of at least 4 members (excludes halogenated alkanes) is 1. The SMILES string of the molecule is CCCCC1CN(CCNC(=O)C2CC=CCC2)Cc2ccccc2O1. The van der Waals surface area contributed by atoms with Crippen LogP contribution in [0, 0.1) is 5.92 Å². The Labute approximate surface area is 157 Å². The topological polar surface area (TPSA) is 41.6 Å². The smallest absolute Gasteiger partial charge is 0.223 e. The first-order chi connectivity index (χ1) is 12.8. The lowest BCUT2D eigenvalue weighted by Crippen LogP contribution is -2.40. The molecule has 0 radical (unpaired) electrons. The molecule has 0 fully saturated rings. The van der Waals surface area contributed by atoms with Gasteiger partial charge in [-0.15, -0.1) is 0 Å². The van der Waals surface area contributed by atoms with Crippen molar-refractivity contribution >= 4 is 5.91 Å². The van der Waals surface area contributed by atoms with Crippen molar-refractivity contribution in [3.63, 3.8) is 0 Å². The molecular formula is C22H32N2O2. The van der Waals surface area contributed by atoms with Gasteiger partial charge in [-0.3, -0.25) is 9.69 Å². The summed E-state index contributed by atoms with van der Waals surface area (Å²) in [5.74, 6) is 1.39. The van der Waals surface area contributed by atoms with Crippen LogP contribution >= 0.6 is 0 Å². The lowest BCUT2D eigenvalue weighted by molar-refractivity contribution is -0.125. The van der Waals surface area contributed by atoms with Crippen LogP contribution in [0.1, 0.15) is 51.0 Å². The fourth-order valence-electron chi connectivity index (χ4n) is 3.83. The molecule has 1 heterocycles. The first-order valence-corrected chi connectivity index (χ1v) is 10.2. The lowest BCUT2D eigenvalue weighted by atomic mass is 9.94. The number of amides is 1. The number of nitrogens with one attached hydrogen (secondary N) is 1. The summed E-state index contributed by atoms with van der Waals surface area (Å²) in [5, 5.41) is 3.15. The molecule has 2 atom stereocenters. The van der Waals surface area contributed by atoms with Crippen LogP contribution in [-0.2, 0) is 11.3 Å². The number of carbonyl (C=O) groups excluding carboxylic acids is 1. The van der Waals surface area contributed by atoms with Gasteiger partial charge in [0.25, 0.3) is 0 Å². The highest BCUT2D eigenvalue weighted by molar-refractivity contribution is 5.78. The number of allylic oxidation sites excluding steroid dienone is 2. The minimum absolute atomic E-state index is 0.158. The number of ether oxygens (including phenoxy) is 1. The molecule has 1 N–H and O–H groups in total. The fourth-order valence-corrected chi connectivity index (χ4v) is 3.83. The quantitative estimate of drug-likeness (QED) is 0.753. The molecule has 0 bridgehead atoms. The summed E-state index contributed by atoms with van der Waals surface area (Å²) in [6, 6.07) is 8.35. The summed E-state index contributed by atoms with van der Waals surface area (Å²) in [4.78, 5) is 14.7. The van der Waals surface area contributed by atoms with Gasteiger partial charge in [0, 0.05) is 37.7 Å². The highest BCUT2D eigenvalue weighted by Gasteiger charge is 2.23. The zero-order chi connectivity index (χ0) is 18.2. The van der Waals surface area contributed by atoms with Crippen LogP contribution in [0.4, 0.5) is 0 Å². The Morgan fingerprint density at radius 3 is 3.00 bits per heavy atom. The summed E-state index contributed by atoms with van der Waals surface area (Å²) in [7, 11) is 0. The van der Waals surface area contributed by atoms with E-state index in [-0.39, 0.29) is 17.9 Å². The number of carbonyl (C=O) groups is 1. The van der Waals surface area contributed by atoms with Gasteiger partial charge in [-0.05, 0) is 38.2 Å². The van der Waals surface area contributed by atoms with Crippen LogP contribution < -0.4 is 10.1 Å². The van der Waals surface area contributed by atoms with Crippen LogP contribution in [0.3, 0.4) is 0 Å². The Kier molecular flexibility index (Phi) is 7.13. The van der Waals surface area contributed by atoms with E-state index in [9.17, 15) is 4.79 Å². The number of rotatable bonds is 7. The van der Waals surface area contributed by atoms with Gasteiger partial charge in [-0.2, -0.15) is 0 Å². The molecule has 1 aliphatic carbocycles. The molecule has 3 rings (SSSR count). The predicted molar refractivity (Wildman–Crippen MR) is 105 cm³/mol. The monoisotopic (exact) mass is 356 g/mol. The van der Waals surface area contributed by atoms with E-state index in [1.165, 1.54) is 18.4 Å². The molecule has 26 heavy (non-hydrogen) atoms. The van der Waals surface area contributed by atoms with E-state index in [2.05, 4.69) is 47.5 Å². The Bertz CT molecular complexity index is 614. The molecule has 0 spiro atoms. The van der Waals surface area contributed by atoms with Gasteiger partial charge in [0.1, 0.15) is 11.9 Å². The maximum absolute atomic E-state index is 12.3. The zero-order valence-corrected chi connectivity index (χ0v) is 16.0. The van der Waals surface area contributed by atoms with Crippen molar-refractivity contribution in [3.8, 4) is 5.75 Å². The third kappa shape index (κ3) is 5.34. The highest BCUT2D eigenvalue weighted by Crippen LogP contribution is 2.26. The standard InChI is InChI=1S/C22H32N2O2/c1-2-3-12-20-17-24(16-19-11-7-8-13-21(19)26-20)15-14-23-22(25)18-9-5-4-6-10-18/h4-5,7-8,11,13,18,20H,2-3,6,9-10,12,14-17H2,1H3,(H,23,25). The van der Waals surface area contributed by atoms with Gasteiger partial charge in [-0.1, -0.05) is 43.7 Å². The average Bonchev–Trinajstić information content (AvgIpc) is 2.85. The van der Waals surface area contributed by atoms with Crippen LogP contribution in [-0.4, -0.2) is 36.5 Å². The van der Waals surface area contributed by atoms with Crippen LogP contribution in [0.5, 0.6) is 5.75 Å². The molecule has 4 heteroatoms. The largest absolute Gasteiger partial charge is 0.489 e. The Morgan fingerprint density at radius 1 is 1.31 bits per heavy atom. The second-order valence-corrected chi connectivity index (χ2v) is 7.50.